The van der Waals surface area contributed by atoms with Crippen LogP contribution in [0, 0.1) is 11.3 Å². The number of nitriles is 1. The van der Waals surface area contributed by atoms with Crippen molar-refractivity contribution in [2.45, 2.75) is 10.9 Å². The normalized spacial score (nSPS) is 10.6. The molecule has 0 amide bonds. The Bertz CT molecular complexity index is 1130. The summed E-state index contributed by atoms with van der Waals surface area (Å²) < 4.78 is 2.03. The topological polar surface area (TPSA) is 54.5 Å². The molecule has 0 aliphatic heterocycles. The molecule has 28 heavy (non-hydrogen) atoms. The van der Waals surface area contributed by atoms with Gasteiger partial charge in [0, 0.05) is 22.0 Å². The lowest BCUT2D eigenvalue weighted by Crippen LogP contribution is -1.99. The monoisotopic (exact) mass is 402 g/mol. The Labute approximate surface area is 172 Å². The summed E-state index contributed by atoms with van der Waals surface area (Å²) in [4.78, 5) is 0. The summed E-state index contributed by atoms with van der Waals surface area (Å²) in [5.41, 5.74) is 3.57. The van der Waals surface area contributed by atoms with Gasteiger partial charge in [0.1, 0.15) is 0 Å². The van der Waals surface area contributed by atoms with Crippen LogP contribution in [0.3, 0.4) is 0 Å². The van der Waals surface area contributed by atoms with Crippen LogP contribution in [0.25, 0.3) is 17.1 Å². The molecule has 0 aliphatic rings. The molecular formula is C22H15ClN4S. The largest absolute Gasteiger partial charge is 0.270 e. The second kappa shape index (κ2) is 8.30. The van der Waals surface area contributed by atoms with Gasteiger partial charge in [-0.2, -0.15) is 5.26 Å². The number of hydrogen-bond donors (Lipinski definition) is 0. The highest BCUT2D eigenvalue weighted by molar-refractivity contribution is 7.98. The first-order chi connectivity index (χ1) is 13.8. The van der Waals surface area contributed by atoms with Crippen molar-refractivity contribution in [3.8, 4) is 23.1 Å². The van der Waals surface area contributed by atoms with Gasteiger partial charge >= 0.3 is 0 Å². The van der Waals surface area contributed by atoms with Gasteiger partial charge in [-0.05, 0) is 48.0 Å². The van der Waals surface area contributed by atoms with E-state index in [2.05, 4.69) is 16.3 Å². The molecule has 0 aliphatic carbocycles. The molecule has 4 aromatic rings. The highest BCUT2D eigenvalue weighted by Crippen LogP contribution is 2.30. The smallest absolute Gasteiger partial charge is 0.196 e. The number of halogens is 1. The van der Waals surface area contributed by atoms with E-state index in [1.165, 1.54) is 0 Å². The van der Waals surface area contributed by atoms with E-state index in [4.69, 9.17) is 11.6 Å². The van der Waals surface area contributed by atoms with Crippen LogP contribution in [0.4, 0.5) is 0 Å². The summed E-state index contributed by atoms with van der Waals surface area (Å²) in [6.07, 6.45) is 0. The Hall–Kier alpha value is -3.07. The molecule has 0 unspecified atom stereocenters. The minimum absolute atomic E-state index is 0.634. The molecule has 0 saturated carbocycles. The van der Waals surface area contributed by atoms with Crippen molar-refractivity contribution >= 4 is 23.4 Å². The average Bonchev–Trinajstić information content (AvgIpc) is 3.17. The van der Waals surface area contributed by atoms with Gasteiger partial charge in [-0.1, -0.05) is 59.8 Å². The van der Waals surface area contributed by atoms with Gasteiger partial charge in [0.05, 0.1) is 11.6 Å². The summed E-state index contributed by atoms with van der Waals surface area (Å²) in [5, 5.41) is 19.6. The van der Waals surface area contributed by atoms with E-state index < -0.39 is 0 Å². The molecule has 3 aromatic carbocycles. The maximum Gasteiger partial charge on any atom is 0.196 e. The van der Waals surface area contributed by atoms with Gasteiger partial charge in [-0.25, -0.2) is 0 Å². The minimum atomic E-state index is 0.634. The van der Waals surface area contributed by atoms with Crippen molar-refractivity contribution in [1.29, 1.82) is 5.26 Å². The fourth-order valence-corrected chi connectivity index (χ4v) is 3.94. The molecule has 0 bridgehead atoms. The number of hydrogen-bond acceptors (Lipinski definition) is 4. The summed E-state index contributed by atoms with van der Waals surface area (Å²) in [7, 11) is 0. The Morgan fingerprint density at radius 2 is 1.61 bits per heavy atom. The Morgan fingerprint density at radius 3 is 2.36 bits per heavy atom. The van der Waals surface area contributed by atoms with Crippen molar-refractivity contribution in [1.82, 2.24) is 14.8 Å². The van der Waals surface area contributed by atoms with Crippen LogP contribution in [0.1, 0.15) is 11.1 Å². The van der Waals surface area contributed by atoms with E-state index >= 15 is 0 Å². The van der Waals surface area contributed by atoms with Crippen LogP contribution >= 0.6 is 23.4 Å². The molecule has 4 nitrogen and oxygen atoms in total. The van der Waals surface area contributed by atoms with Crippen molar-refractivity contribution in [2.75, 3.05) is 0 Å². The Kier molecular flexibility index (Phi) is 5.43. The van der Waals surface area contributed by atoms with E-state index in [0.29, 0.717) is 16.3 Å². The molecule has 0 radical (unpaired) electrons. The molecule has 0 fully saturated rings. The van der Waals surface area contributed by atoms with E-state index in [1.54, 1.807) is 11.8 Å². The first-order valence-corrected chi connectivity index (χ1v) is 10.00. The van der Waals surface area contributed by atoms with Crippen molar-refractivity contribution in [3.63, 3.8) is 0 Å². The highest BCUT2D eigenvalue weighted by atomic mass is 35.5. The number of benzene rings is 3. The van der Waals surface area contributed by atoms with Crippen molar-refractivity contribution in [3.05, 3.63) is 95.0 Å². The lowest BCUT2D eigenvalue weighted by molar-refractivity contribution is 0.886. The zero-order valence-corrected chi connectivity index (χ0v) is 16.4. The summed E-state index contributed by atoms with van der Waals surface area (Å²) in [6, 6.07) is 27.4. The molecule has 0 saturated heterocycles. The molecule has 136 valence electrons. The quantitative estimate of drug-likeness (QED) is 0.399. The standard InChI is InChI=1S/C22H15ClN4S/c23-19-12-10-16(11-13-19)21-25-26-22(27(21)20-8-2-1-3-9-20)28-15-18-7-5-4-6-17(18)14-24/h1-13H,15H2. The third-order valence-corrected chi connectivity index (χ3v) is 5.47. The fourth-order valence-electron chi connectivity index (χ4n) is 2.86. The van der Waals surface area contributed by atoms with Crippen LogP contribution < -0.4 is 0 Å². The Balaban J connectivity index is 1.73. The molecular weight excluding hydrogens is 388 g/mol. The van der Waals surface area contributed by atoms with Crippen LogP contribution in [-0.2, 0) is 5.75 Å². The number of nitrogens with zero attached hydrogens (tertiary/aromatic N) is 4. The van der Waals surface area contributed by atoms with E-state index in [9.17, 15) is 5.26 Å². The first-order valence-electron chi connectivity index (χ1n) is 8.64. The van der Waals surface area contributed by atoms with Crippen LogP contribution in [-0.4, -0.2) is 14.8 Å². The molecule has 0 N–H and O–H groups in total. The van der Waals surface area contributed by atoms with Crippen molar-refractivity contribution < 1.29 is 0 Å². The third-order valence-electron chi connectivity index (χ3n) is 4.24. The summed E-state index contributed by atoms with van der Waals surface area (Å²) in [5.74, 6) is 1.38. The molecule has 1 heterocycles. The predicted molar refractivity (Wildman–Crippen MR) is 113 cm³/mol. The average molecular weight is 403 g/mol. The molecule has 0 atom stereocenters. The SMILES string of the molecule is N#Cc1ccccc1CSc1nnc(-c2ccc(Cl)cc2)n1-c1ccccc1. The highest BCUT2D eigenvalue weighted by Gasteiger charge is 2.16. The second-order valence-corrected chi connectivity index (χ2v) is 7.42. The molecule has 4 rings (SSSR count). The van der Waals surface area contributed by atoms with Gasteiger partial charge in [0.2, 0.25) is 0 Å². The number of para-hydroxylation sites is 1. The number of thioether (sulfide) groups is 1. The summed E-state index contributed by atoms with van der Waals surface area (Å²) >= 11 is 7.59. The van der Waals surface area contributed by atoms with Crippen LogP contribution in [0.15, 0.2) is 84.0 Å². The Morgan fingerprint density at radius 1 is 0.893 bits per heavy atom. The fraction of sp³-hybridized carbons (Fsp3) is 0.0455. The lowest BCUT2D eigenvalue weighted by Gasteiger charge is -2.10. The lowest BCUT2D eigenvalue weighted by atomic mass is 10.1. The maximum atomic E-state index is 9.32. The van der Waals surface area contributed by atoms with Crippen LogP contribution in [0.2, 0.25) is 5.02 Å². The number of aromatic nitrogens is 3. The van der Waals surface area contributed by atoms with Crippen molar-refractivity contribution in [2.24, 2.45) is 0 Å². The van der Waals surface area contributed by atoms with Gasteiger partial charge < -0.3 is 0 Å². The van der Waals surface area contributed by atoms with Gasteiger partial charge in [0.15, 0.2) is 11.0 Å². The molecule has 1 aromatic heterocycles. The first kappa shape index (κ1) is 18.3. The van der Waals surface area contributed by atoms with Gasteiger partial charge in [-0.15, -0.1) is 10.2 Å². The van der Waals surface area contributed by atoms with Crippen LogP contribution in [0.5, 0.6) is 0 Å². The summed E-state index contributed by atoms with van der Waals surface area (Å²) in [6.45, 7) is 0. The minimum Gasteiger partial charge on any atom is -0.270 e. The third kappa shape index (κ3) is 3.79. The van der Waals surface area contributed by atoms with E-state index in [-0.39, 0.29) is 0 Å². The molecule has 0 spiro atoms. The van der Waals surface area contributed by atoms with E-state index in [1.807, 2.05) is 83.4 Å². The van der Waals surface area contributed by atoms with E-state index in [0.717, 1.165) is 27.8 Å². The van der Waals surface area contributed by atoms with Gasteiger partial charge in [-0.3, -0.25) is 4.57 Å². The maximum absolute atomic E-state index is 9.32. The van der Waals surface area contributed by atoms with Gasteiger partial charge in [0.25, 0.3) is 0 Å². The zero-order chi connectivity index (χ0) is 19.3. The number of rotatable bonds is 5. The zero-order valence-electron chi connectivity index (χ0n) is 14.8. The second-order valence-electron chi connectivity index (χ2n) is 6.04. The molecule has 6 heteroatoms. The predicted octanol–water partition coefficient (Wildman–Crippen LogP) is 5.75.